The number of nitrogens with zero attached hydrogens (tertiary/aromatic N) is 2. The van der Waals surface area contributed by atoms with Crippen LogP contribution >= 0.6 is 15.9 Å². The molecule has 102 valence electrons. The first-order valence-electron chi connectivity index (χ1n) is 5.62. The molecule has 0 bridgehead atoms. The third-order valence-electron chi connectivity index (χ3n) is 2.41. The monoisotopic (exact) mass is 331 g/mol. The van der Waals surface area contributed by atoms with Crippen molar-refractivity contribution in [3.05, 3.63) is 40.5 Å². The lowest BCUT2D eigenvalue weighted by atomic mass is 10.3. The van der Waals surface area contributed by atoms with Crippen LogP contribution in [0.25, 0.3) is 0 Å². The van der Waals surface area contributed by atoms with Crippen LogP contribution in [0.15, 0.2) is 28.9 Å². The third kappa shape index (κ3) is 3.66. The van der Waals surface area contributed by atoms with E-state index in [0.717, 1.165) is 6.07 Å². The molecule has 0 aliphatic carbocycles. The highest BCUT2D eigenvalue weighted by Crippen LogP contribution is 2.25. The maximum Gasteiger partial charge on any atom is 0.200 e. The van der Waals surface area contributed by atoms with Crippen LogP contribution in [0.2, 0.25) is 0 Å². The fourth-order valence-corrected chi connectivity index (χ4v) is 1.96. The highest BCUT2D eigenvalue weighted by molar-refractivity contribution is 9.10. The van der Waals surface area contributed by atoms with E-state index in [0.29, 0.717) is 23.3 Å². The van der Waals surface area contributed by atoms with Gasteiger partial charge in [0.25, 0.3) is 0 Å². The summed E-state index contributed by atoms with van der Waals surface area (Å²) in [6.07, 6.45) is 2.35. The van der Waals surface area contributed by atoms with E-state index in [4.69, 9.17) is 10.5 Å². The topological polar surface area (TPSA) is 53.1 Å². The Morgan fingerprint density at radius 1 is 1.37 bits per heavy atom. The fraction of sp³-hybridized carbons (Fsp3) is 0.250. The van der Waals surface area contributed by atoms with Crippen LogP contribution < -0.4 is 10.5 Å². The fourth-order valence-electron chi connectivity index (χ4n) is 1.55. The quantitative estimate of drug-likeness (QED) is 0.677. The summed E-state index contributed by atoms with van der Waals surface area (Å²) in [5, 5.41) is 4.00. The summed E-state index contributed by atoms with van der Waals surface area (Å²) in [6.45, 7) is 0.849. The lowest BCUT2D eigenvalue weighted by molar-refractivity contribution is 0.280. The lowest BCUT2D eigenvalue weighted by Crippen LogP contribution is -2.06. The van der Waals surface area contributed by atoms with Crippen molar-refractivity contribution >= 4 is 21.7 Å². The number of nitrogen functional groups attached to an aromatic ring is 1. The largest absolute Gasteiger partial charge is 0.490 e. The molecule has 2 rings (SSSR count). The smallest absolute Gasteiger partial charge is 0.200 e. The number of hydrogen-bond donors (Lipinski definition) is 1. The Morgan fingerprint density at radius 3 is 2.84 bits per heavy atom. The minimum atomic E-state index is -0.980. The predicted octanol–water partition coefficient (Wildman–Crippen LogP) is 2.98. The summed E-state index contributed by atoms with van der Waals surface area (Å²) in [7, 11) is 0. The van der Waals surface area contributed by atoms with E-state index in [1.807, 2.05) is 0 Å². The first-order chi connectivity index (χ1) is 9.06. The molecule has 2 N–H and O–H groups in total. The summed E-state index contributed by atoms with van der Waals surface area (Å²) >= 11 is 3.08. The maximum atomic E-state index is 13.4. The van der Waals surface area contributed by atoms with Crippen molar-refractivity contribution in [1.82, 2.24) is 9.78 Å². The van der Waals surface area contributed by atoms with Crippen molar-refractivity contribution in [1.29, 1.82) is 0 Å². The molecule has 0 aliphatic heterocycles. The molecule has 0 atom stereocenters. The first-order valence-corrected chi connectivity index (χ1v) is 6.42. The van der Waals surface area contributed by atoms with E-state index >= 15 is 0 Å². The van der Waals surface area contributed by atoms with Crippen molar-refractivity contribution in [2.75, 3.05) is 12.3 Å². The number of rotatable bonds is 5. The van der Waals surface area contributed by atoms with Crippen molar-refractivity contribution in [3.8, 4) is 5.75 Å². The third-order valence-corrected chi connectivity index (χ3v) is 2.87. The van der Waals surface area contributed by atoms with Crippen LogP contribution in [-0.2, 0) is 6.54 Å². The van der Waals surface area contributed by atoms with Gasteiger partial charge in [-0.25, -0.2) is 4.39 Å². The average Bonchev–Trinajstić information content (AvgIpc) is 2.76. The van der Waals surface area contributed by atoms with Gasteiger partial charge in [-0.3, -0.25) is 4.68 Å². The van der Waals surface area contributed by atoms with Crippen molar-refractivity contribution in [3.63, 3.8) is 0 Å². The lowest BCUT2D eigenvalue weighted by Gasteiger charge is -2.08. The van der Waals surface area contributed by atoms with Crippen LogP contribution in [0.1, 0.15) is 6.42 Å². The van der Waals surface area contributed by atoms with E-state index < -0.39 is 11.6 Å². The maximum absolute atomic E-state index is 13.4. The zero-order valence-corrected chi connectivity index (χ0v) is 11.5. The molecule has 19 heavy (non-hydrogen) atoms. The predicted molar refractivity (Wildman–Crippen MR) is 70.8 cm³/mol. The number of halogens is 3. The molecule has 2 aromatic rings. The van der Waals surface area contributed by atoms with Gasteiger partial charge in [-0.05, 0) is 18.2 Å². The Hall–Kier alpha value is -1.63. The summed E-state index contributed by atoms with van der Waals surface area (Å²) in [6, 6.07) is 4.13. The van der Waals surface area contributed by atoms with Crippen LogP contribution in [0, 0.1) is 11.6 Å². The van der Waals surface area contributed by atoms with Gasteiger partial charge < -0.3 is 10.5 Å². The van der Waals surface area contributed by atoms with Gasteiger partial charge >= 0.3 is 0 Å². The van der Waals surface area contributed by atoms with Gasteiger partial charge in [-0.2, -0.15) is 9.49 Å². The summed E-state index contributed by atoms with van der Waals surface area (Å²) < 4.78 is 33.8. The van der Waals surface area contributed by atoms with E-state index in [1.54, 1.807) is 16.9 Å². The highest BCUT2D eigenvalue weighted by Gasteiger charge is 2.11. The minimum absolute atomic E-state index is 0.105. The van der Waals surface area contributed by atoms with Crippen molar-refractivity contribution in [2.45, 2.75) is 13.0 Å². The number of anilines is 1. The second kappa shape index (κ2) is 6.01. The van der Waals surface area contributed by atoms with Crippen LogP contribution in [0.4, 0.5) is 14.6 Å². The first kappa shape index (κ1) is 13.8. The molecule has 7 heteroatoms. The Balaban J connectivity index is 1.86. The van der Waals surface area contributed by atoms with Gasteiger partial charge in [0, 0.05) is 23.6 Å². The van der Waals surface area contributed by atoms with Gasteiger partial charge in [0.2, 0.25) is 5.82 Å². The molecule has 1 heterocycles. The number of ether oxygens (including phenoxy) is 1. The summed E-state index contributed by atoms with van der Waals surface area (Å²) in [4.78, 5) is 0. The van der Waals surface area contributed by atoms with E-state index in [-0.39, 0.29) is 12.4 Å². The Labute approximate surface area is 117 Å². The molecule has 0 saturated heterocycles. The normalized spacial score (nSPS) is 10.7. The van der Waals surface area contributed by atoms with Crippen LogP contribution in [0.5, 0.6) is 5.75 Å². The molecule has 0 aliphatic rings. The highest BCUT2D eigenvalue weighted by atomic mass is 79.9. The molecule has 0 fully saturated rings. The zero-order valence-electron chi connectivity index (χ0n) is 9.94. The number of benzene rings is 1. The molecule has 0 unspecified atom stereocenters. The summed E-state index contributed by atoms with van der Waals surface area (Å²) in [5.41, 5.74) is 5.47. The molecule has 0 saturated carbocycles. The molecule has 0 spiro atoms. The standard InChI is InChI=1S/C12H12BrF2N3O/c13-8-6-9(14)12(15)10(7-8)19-5-1-3-18-4-2-11(16)17-18/h2,4,6-7H,1,3,5H2,(H2,16,17). The molecular weight excluding hydrogens is 320 g/mol. The van der Waals surface area contributed by atoms with E-state index in [9.17, 15) is 8.78 Å². The Morgan fingerprint density at radius 2 is 2.16 bits per heavy atom. The van der Waals surface area contributed by atoms with E-state index in [1.165, 1.54) is 6.07 Å². The molecular formula is C12H12BrF2N3O. The Kier molecular flexibility index (Phi) is 4.36. The van der Waals surface area contributed by atoms with Gasteiger partial charge in [-0.15, -0.1) is 0 Å². The van der Waals surface area contributed by atoms with Gasteiger partial charge in [0.05, 0.1) is 6.61 Å². The average molecular weight is 332 g/mol. The van der Waals surface area contributed by atoms with Crippen molar-refractivity contribution < 1.29 is 13.5 Å². The number of aryl methyl sites for hydroxylation is 1. The summed E-state index contributed by atoms with van der Waals surface area (Å²) in [5.74, 6) is -1.58. The van der Waals surface area contributed by atoms with E-state index in [2.05, 4.69) is 21.0 Å². The van der Waals surface area contributed by atoms with Gasteiger partial charge in [-0.1, -0.05) is 15.9 Å². The SMILES string of the molecule is Nc1ccn(CCCOc2cc(Br)cc(F)c2F)n1. The molecule has 1 aromatic carbocycles. The molecule has 0 amide bonds. The second-order valence-corrected chi connectivity index (χ2v) is 4.82. The number of hydrogen-bond acceptors (Lipinski definition) is 3. The van der Waals surface area contributed by atoms with Gasteiger partial charge in [0.15, 0.2) is 11.6 Å². The van der Waals surface area contributed by atoms with Crippen LogP contribution in [0.3, 0.4) is 0 Å². The molecule has 4 nitrogen and oxygen atoms in total. The van der Waals surface area contributed by atoms with Gasteiger partial charge in [0.1, 0.15) is 5.82 Å². The number of aromatic nitrogens is 2. The van der Waals surface area contributed by atoms with Crippen LogP contribution in [-0.4, -0.2) is 16.4 Å². The zero-order chi connectivity index (χ0) is 13.8. The molecule has 0 radical (unpaired) electrons. The second-order valence-electron chi connectivity index (χ2n) is 3.91. The molecule has 1 aromatic heterocycles. The Bertz CT molecular complexity index is 574. The minimum Gasteiger partial charge on any atom is -0.490 e. The van der Waals surface area contributed by atoms with Crippen molar-refractivity contribution in [2.24, 2.45) is 0 Å². The number of nitrogens with two attached hydrogens (primary N) is 1.